The molecule has 32 heavy (non-hydrogen) atoms. The number of nitrogens with zero attached hydrogens (tertiary/aromatic N) is 2. The molecule has 1 aliphatic heterocycles. The zero-order valence-electron chi connectivity index (χ0n) is 18.7. The van der Waals surface area contributed by atoms with E-state index in [4.69, 9.17) is 4.74 Å². The molecular formula is C25H28N4O3. The molecule has 7 nitrogen and oxygen atoms in total. The van der Waals surface area contributed by atoms with Gasteiger partial charge in [-0.3, -0.25) is 4.79 Å². The van der Waals surface area contributed by atoms with E-state index in [2.05, 4.69) is 16.7 Å². The van der Waals surface area contributed by atoms with E-state index in [1.165, 1.54) is 0 Å². The molecule has 3 amide bonds. The Morgan fingerprint density at radius 2 is 1.88 bits per heavy atom. The summed E-state index contributed by atoms with van der Waals surface area (Å²) in [4.78, 5) is 27.5. The molecule has 0 bridgehead atoms. The van der Waals surface area contributed by atoms with Gasteiger partial charge in [-0.05, 0) is 68.4 Å². The van der Waals surface area contributed by atoms with Gasteiger partial charge in [0.1, 0.15) is 11.8 Å². The van der Waals surface area contributed by atoms with Crippen molar-refractivity contribution < 1.29 is 14.3 Å². The third-order valence-corrected chi connectivity index (χ3v) is 6.67. The van der Waals surface area contributed by atoms with Gasteiger partial charge in [-0.25, -0.2) is 4.79 Å². The maximum absolute atomic E-state index is 12.8. The Morgan fingerprint density at radius 3 is 2.56 bits per heavy atom. The van der Waals surface area contributed by atoms with Crippen LogP contribution >= 0.6 is 0 Å². The minimum Gasteiger partial charge on any atom is -0.496 e. The van der Waals surface area contributed by atoms with Crippen LogP contribution in [0.25, 0.3) is 0 Å². The van der Waals surface area contributed by atoms with Crippen LogP contribution in [0, 0.1) is 31.1 Å². The van der Waals surface area contributed by atoms with E-state index in [1.807, 2.05) is 43.0 Å². The summed E-state index contributed by atoms with van der Waals surface area (Å²) in [6.07, 6.45) is 3.00. The number of methoxy groups -OCH3 is 1. The summed E-state index contributed by atoms with van der Waals surface area (Å²) in [6.45, 7) is 4.45. The van der Waals surface area contributed by atoms with Gasteiger partial charge >= 0.3 is 6.03 Å². The molecule has 0 radical (unpaired) electrons. The van der Waals surface area contributed by atoms with Gasteiger partial charge in [0, 0.05) is 23.7 Å². The topological polar surface area (TPSA) is 94.5 Å². The molecule has 1 aliphatic carbocycles. The maximum Gasteiger partial charge on any atom is 0.322 e. The highest BCUT2D eigenvalue weighted by Crippen LogP contribution is 2.35. The van der Waals surface area contributed by atoms with Crippen LogP contribution in [0.3, 0.4) is 0 Å². The Balaban J connectivity index is 1.39. The number of carbonyl (C=O) groups is 2. The summed E-state index contributed by atoms with van der Waals surface area (Å²) >= 11 is 0. The number of aryl methyl sites for hydroxylation is 2. The smallest absolute Gasteiger partial charge is 0.322 e. The molecule has 2 N–H and O–H groups in total. The van der Waals surface area contributed by atoms with Crippen LogP contribution in [0.2, 0.25) is 0 Å². The number of hydrogen-bond acceptors (Lipinski definition) is 4. The van der Waals surface area contributed by atoms with E-state index in [9.17, 15) is 14.9 Å². The highest BCUT2D eigenvalue weighted by Gasteiger charge is 2.35. The van der Waals surface area contributed by atoms with E-state index >= 15 is 0 Å². The summed E-state index contributed by atoms with van der Waals surface area (Å²) in [5, 5.41) is 15.3. The van der Waals surface area contributed by atoms with E-state index in [1.54, 1.807) is 13.2 Å². The zero-order chi connectivity index (χ0) is 22.8. The molecule has 1 saturated carbocycles. The summed E-state index contributed by atoms with van der Waals surface area (Å²) in [5.41, 5.74) is 4.93. The number of urea groups is 1. The van der Waals surface area contributed by atoms with Gasteiger partial charge in [0.2, 0.25) is 5.91 Å². The summed E-state index contributed by atoms with van der Waals surface area (Å²) in [6, 6.07) is 11.4. The number of nitriles is 1. The average Bonchev–Trinajstić information content (AvgIpc) is 2.80. The third kappa shape index (κ3) is 4.13. The molecule has 0 spiro atoms. The zero-order valence-corrected chi connectivity index (χ0v) is 18.7. The molecule has 0 saturated heterocycles. The Labute approximate surface area is 188 Å². The first-order valence-corrected chi connectivity index (χ1v) is 11.0. The monoisotopic (exact) mass is 432 g/mol. The molecule has 1 heterocycles. The molecule has 166 valence electrons. The van der Waals surface area contributed by atoms with Crippen molar-refractivity contribution in [3.05, 3.63) is 52.6 Å². The van der Waals surface area contributed by atoms with E-state index < -0.39 is 0 Å². The number of anilines is 2. The van der Waals surface area contributed by atoms with E-state index in [-0.39, 0.29) is 23.9 Å². The van der Waals surface area contributed by atoms with Crippen molar-refractivity contribution in [3.63, 3.8) is 0 Å². The second kappa shape index (κ2) is 8.91. The first-order chi connectivity index (χ1) is 15.4. The predicted molar refractivity (Wildman–Crippen MR) is 123 cm³/mol. The molecular weight excluding hydrogens is 404 g/mol. The van der Waals surface area contributed by atoms with Gasteiger partial charge in [0.05, 0.1) is 24.9 Å². The van der Waals surface area contributed by atoms with Crippen molar-refractivity contribution in [1.29, 1.82) is 5.26 Å². The molecule has 2 aromatic carbocycles. The standard InChI is InChI=1S/C25H28N4O3/c1-15-4-6-18(13-26)23-21(15)14-29(25(31)28-23)20-10-7-17(8-11-20)24(30)27-19-9-5-16(2)22(12-19)32-3/h4-6,9,12,17,20H,7-8,10-11,14H2,1-3H3,(H,27,30)(H,28,31). The maximum atomic E-state index is 12.8. The van der Waals surface area contributed by atoms with E-state index in [0.29, 0.717) is 17.8 Å². The first-order valence-electron chi connectivity index (χ1n) is 11.0. The summed E-state index contributed by atoms with van der Waals surface area (Å²) in [7, 11) is 1.62. The fourth-order valence-corrected chi connectivity index (χ4v) is 4.70. The normalized spacial score (nSPS) is 20.1. The fourth-order valence-electron chi connectivity index (χ4n) is 4.70. The minimum absolute atomic E-state index is 0.0114. The molecule has 2 aromatic rings. The Bertz CT molecular complexity index is 1100. The number of ether oxygens (including phenoxy) is 1. The number of hydrogen-bond donors (Lipinski definition) is 2. The van der Waals surface area contributed by atoms with Crippen LogP contribution in [-0.4, -0.2) is 30.0 Å². The lowest BCUT2D eigenvalue weighted by atomic mass is 9.84. The van der Waals surface area contributed by atoms with Gasteiger partial charge in [-0.15, -0.1) is 0 Å². The second-order valence-corrected chi connectivity index (χ2v) is 8.63. The number of fused-ring (bicyclic) bond motifs is 1. The number of amides is 3. The van der Waals surface area contributed by atoms with Crippen LogP contribution in [0.15, 0.2) is 30.3 Å². The molecule has 4 rings (SSSR count). The van der Waals surface area contributed by atoms with Crippen LogP contribution in [0.4, 0.5) is 16.2 Å². The van der Waals surface area contributed by atoms with Gasteiger partial charge in [0.15, 0.2) is 0 Å². The summed E-state index contributed by atoms with van der Waals surface area (Å²) in [5.74, 6) is 0.681. The summed E-state index contributed by atoms with van der Waals surface area (Å²) < 4.78 is 5.34. The van der Waals surface area contributed by atoms with Gasteiger partial charge in [0.25, 0.3) is 0 Å². The van der Waals surface area contributed by atoms with Crippen LogP contribution in [0.5, 0.6) is 5.75 Å². The molecule has 0 aromatic heterocycles. The van der Waals surface area contributed by atoms with Crippen LogP contribution in [-0.2, 0) is 11.3 Å². The van der Waals surface area contributed by atoms with Crippen molar-refractivity contribution in [2.45, 2.75) is 52.1 Å². The lowest BCUT2D eigenvalue weighted by Crippen LogP contribution is -2.47. The van der Waals surface area contributed by atoms with Crippen molar-refractivity contribution in [3.8, 4) is 11.8 Å². The van der Waals surface area contributed by atoms with Crippen molar-refractivity contribution in [2.75, 3.05) is 17.7 Å². The Hall–Kier alpha value is -3.53. The molecule has 1 fully saturated rings. The molecule has 2 aliphatic rings. The SMILES string of the molecule is COc1cc(NC(=O)C2CCC(N3Cc4c(C)ccc(C#N)c4NC3=O)CC2)ccc1C. The Kier molecular flexibility index (Phi) is 6.04. The Morgan fingerprint density at radius 1 is 1.16 bits per heavy atom. The lowest BCUT2D eigenvalue weighted by Gasteiger charge is -2.39. The highest BCUT2D eigenvalue weighted by atomic mass is 16.5. The molecule has 7 heteroatoms. The number of rotatable bonds is 4. The highest BCUT2D eigenvalue weighted by molar-refractivity contribution is 5.95. The van der Waals surface area contributed by atoms with Gasteiger partial charge < -0.3 is 20.3 Å². The van der Waals surface area contributed by atoms with Gasteiger partial charge in [-0.1, -0.05) is 12.1 Å². The van der Waals surface area contributed by atoms with E-state index in [0.717, 1.165) is 53.8 Å². The molecule has 0 unspecified atom stereocenters. The number of nitrogens with one attached hydrogen (secondary N) is 2. The second-order valence-electron chi connectivity index (χ2n) is 8.63. The first kappa shape index (κ1) is 21.7. The van der Waals surface area contributed by atoms with Gasteiger partial charge in [-0.2, -0.15) is 5.26 Å². The molecule has 0 atom stereocenters. The lowest BCUT2D eigenvalue weighted by molar-refractivity contribution is -0.121. The number of benzene rings is 2. The quantitative estimate of drug-likeness (QED) is 0.730. The third-order valence-electron chi connectivity index (χ3n) is 6.67. The minimum atomic E-state index is -0.167. The number of carbonyl (C=O) groups excluding carboxylic acids is 2. The van der Waals surface area contributed by atoms with Crippen LogP contribution in [0.1, 0.15) is 47.9 Å². The fraction of sp³-hybridized carbons (Fsp3) is 0.400. The van der Waals surface area contributed by atoms with Crippen LogP contribution < -0.4 is 15.4 Å². The van der Waals surface area contributed by atoms with Crippen molar-refractivity contribution in [1.82, 2.24) is 4.90 Å². The largest absolute Gasteiger partial charge is 0.496 e. The van der Waals surface area contributed by atoms with Crippen molar-refractivity contribution in [2.24, 2.45) is 5.92 Å². The predicted octanol–water partition coefficient (Wildman–Crippen LogP) is 4.73. The average molecular weight is 433 g/mol. The van der Waals surface area contributed by atoms with Crippen molar-refractivity contribution >= 4 is 23.3 Å².